The van der Waals surface area contributed by atoms with Gasteiger partial charge in [0.2, 0.25) is 0 Å². The first-order valence-electron chi connectivity index (χ1n) is 7.84. The summed E-state index contributed by atoms with van der Waals surface area (Å²) in [6, 6.07) is 3.08. The van der Waals surface area contributed by atoms with Gasteiger partial charge in [-0.2, -0.15) is 0 Å². The molecule has 23 heavy (non-hydrogen) atoms. The maximum absolute atomic E-state index is 13.1. The summed E-state index contributed by atoms with van der Waals surface area (Å²) in [5.41, 5.74) is 0.266. The van der Waals surface area contributed by atoms with Crippen molar-refractivity contribution < 1.29 is 13.6 Å². The van der Waals surface area contributed by atoms with Crippen LogP contribution in [0.1, 0.15) is 6.42 Å². The van der Waals surface area contributed by atoms with E-state index >= 15 is 0 Å². The van der Waals surface area contributed by atoms with Crippen LogP contribution in [0.4, 0.5) is 19.3 Å². The maximum Gasteiger partial charge on any atom is 0.321 e. The van der Waals surface area contributed by atoms with Crippen LogP contribution in [0.3, 0.4) is 0 Å². The molecule has 2 amide bonds. The summed E-state index contributed by atoms with van der Waals surface area (Å²) in [4.78, 5) is 18.3. The van der Waals surface area contributed by atoms with Gasteiger partial charge in [0, 0.05) is 37.9 Å². The van der Waals surface area contributed by atoms with Crippen molar-refractivity contribution in [3.63, 3.8) is 0 Å². The molecular formula is C16H24F2N4O. The van der Waals surface area contributed by atoms with E-state index in [0.29, 0.717) is 13.1 Å². The molecule has 0 aliphatic carbocycles. The molecule has 1 aromatic carbocycles. The number of nitrogens with zero attached hydrogens (tertiary/aromatic N) is 3. The second kappa shape index (κ2) is 8.21. The zero-order valence-electron chi connectivity index (χ0n) is 13.7. The van der Waals surface area contributed by atoms with Gasteiger partial charge in [-0.1, -0.05) is 0 Å². The number of hydrogen-bond acceptors (Lipinski definition) is 3. The van der Waals surface area contributed by atoms with E-state index in [0.717, 1.165) is 44.7 Å². The molecule has 0 saturated carbocycles. The molecule has 0 atom stereocenters. The highest BCUT2D eigenvalue weighted by molar-refractivity contribution is 5.89. The summed E-state index contributed by atoms with van der Waals surface area (Å²) < 4.78 is 26.0. The summed E-state index contributed by atoms with van der Waals surface area (Å²) in [7, 11) is 4.11. The SMILES string of the molecule is CN(C)CCCN1CCN(C(=O)Nc2ccc(F)c(F)c2)CC1. The van der Waals surface area contributed by atoms with Gasteiger partial charge in [0.05, 0.1) is 0 Å². The molecule has 1 aromatic rings. The molecule has 1 N–H and O–H groups in total. The number of urea groups is 1. The van der Waals surface area contributed by atoms with Crippen LogP contribution in [-0.2, 0) is 0 Å². The first kappa shape index (κ1) is 17.6. The Hall–Kier alpha value is -1.73. The lowest BCUT2D eigenvalue weighted by Crippen LogP contribution is -2.50. The molecular weight excluding hydrogens is 302 g/mol. The van der Waals surface area contributed by atoms with E-state index in [2.05, 4.69) is 29.2 Å². The quantitative estimate of drug-likeness (QED) is 0.900. The number of carbonyl (C=O) groups excluding carboxylic acids is 1. The van der Waals surface area contributed by atoms with Gasteiger partial charge in [0.1, 0.15) is 0 Å². The molecule has 1 saturated heterocycles. The number of halogens is 2. The summed E-state index contributed by atoms with van der Waals surface area (Å²) in [6.45, 7) is 5.01. The number of piperazine rings is 1. The molecule has 2 rings (SSSR count). The number of nitrogens with one attached hydrogen (secondary N) is 1. The number of amides is 2. The summed E-state index contributed by atoms with van der Waals surface area (Å²) >= 11 is 0. The Balaban J connectivity index is 1.76. The van der Waals surface area contributed by atoms with E-state index in [1.165, 1.54) is 6.07 Å². The third-order valence-corrected chi connectivity index (χ3v) is 3.91. The molecule has 1 heterocycles. The smallest absolute Gasteiger partial charge is 0.321 e. The normalized spacial score (nSPS) is 16.0. The predicted molar refractivity (Wildman–Crippen MR) is 86.6 cm³/mol. The van der Waals surface area contributed by atoms with E-state index < -0.39 is 11.6 Å². The highest BCUT2D eigenvalue weighted by Gasteiger charge is 2.21. The molecule has 0 spiro atoms. The van der Waals surface area contributed by atoms with Crippen molar-refractivity contribution in [1.29, 1.82) is 0 Å². The van der Waals surface area contributed by atoms with E-state index in [-0.39, 0.29) is 11.7 Å². The fourth-order valence-electron chi connectivity index (χ4n) is 2.56. The van der Waals surface area contributed by atoms with Crippen LogP contribution < -0.4 is 5.32 Å². The van der Waals surface area contributed by atoms with Crippen molar-refractivity contribution in [2.75, 3.05) is 58.7 Å². The van der Waals surface area contributed by atoms with Crippen LogP contribution in [0.5, 0.6) is 0 Å². The first-order valence-corrected chi connectivity index (χ1v) is 7.84. The van der Waals surface area contributed by atoms with Crippen molar-refractivity contribution in [2.45, 2.75) is 6.42 Å². The lowest BCUT2D eigenvalue weighted by Gasteiger charge is -2.34. The molecule has 0 aromatic heterocycles. The highest BCUT2D eigenvalue weighted by Crippen LogP contribution is 2.14. The molecule has 0 unspecified atom stereocenters. The van der Waals surface area contributed by atoms with Gasteiger partial charge < -0.3 is 15.1 Å². The van der Waals surface area contributed by atoms with Crippen LogP contribution in [0.25, 0.3) is 0 Å². The average molecular weight is 326 g/mol. The number of rotatable bonds is 5. The fraction of sp³-hybridized carbons (Fsp3) is 0.562. The minimum absolute atomic E-state index is 0.266. The Kier molecular flexibility index (Phi) is 6.29. The Morgan fingerprint density at radius 1 is 1.17 bits per heavy atom. The molecule has 1 fully saturated rings. The zero-order chi connectivity index (χ0) is 16.8. The van der Waals surface area contributed by atoms with Crippen molar-refractivity contribution in [1.82, 2.24) is 14.7 Å². The lowest BCUT2D eigenvalue weighted by molar-refractivity contribution is 0.144. The third-order valence-electron chi connectivity index (χ3n) is 3.91. The average Bonchev–Trinajstić information content (AvgIpc) is 2.51. The van der Waals surface area contributed by atoms with Gasteiger partial charge in [0.15, 0.2) is 11.6 Å². The topological polar surface area (TPSA) is 38.8 Å². The van der Waals surface area contributed by atoms with Crippen molar-refractivity contribution in [3.05, 3.63) is 29.8 Å². The molecule has 0 bridgehead atoms. The summed E-state index contributed by atoms with van der Waals surface area (Å²) in [6.07, 6.45) is 1.11. The summed E-state index contributed by atoms with van der Waals surface area (Å²) in [5, 5.41) is 2.61. The van der Waals surface area contributed by atoms with Crippen LogP contribution in [0.15, 0.2) is 18.2 Å². The largest absolute Gasteiger partial charge is 0.322 e. The van der Waals surface area contributed by atoms with Gasteiger partial charge >= 0.3 is 6.03 Å². The first-order chi connectivity index (χ1) is 11.0. The van der Waals surface area contributed by atoms with Crippen LogP contribution in [-0.4, -0.2) is 74.1 Å². The molecule has 7 heteroatoms. The minimum atomic E-state index is -0.964. The molecule has 128 valence electrons. The van der Waals surface area contributed by atoms with E-state index in [1.54, 1.807) is 4.90 Å². The van der Waals surface area contributed by atoms with Gasteiger partial charge in [-0.15, -0.1) is 0 Å². The Morgan fingerprint density at radius 2 is 1.87 bits per heavy atom. The second-order valence-electron chi connectivity index (χ2n) is 6.04. The Morgan fingerprint density at radius 3 is 2.48 bits per heavy atom. The van der Waals surface area contributed by atoms with E-state index in [1.807, 2.05) is 0 Å². The van der Waals surface area contributed by atoms with Crippen molar-refractivity contribution in [2.24, 2.45) is 0 Å². The lowest BCUT2D eigenvalue weighted by atomic mass is 10.3. The standard InChI is InChI=1S/C16H24F2N4O/c1-20(2)6-3-7-21-8-10-22(11-9-21)16(23)19-13-4-5-14(17)15(18)12-13/h4-5,12H,3,6-11H2,1-2H3,(H,19,23). The van der Waals surface area contributed by atoms with Gasteiger partial charge in [-0.25, -0.2) is 13.6 Å². The monoisotopic (exact) mass is 326 g/mol. The van der Waals surface area contributed by atoms with E-state index in [9.17, 15) is 13.6 Å². The number of carbonyl (C=O) groups is 1. The molecule has 0 radical (unpaired) electrons. The second-order valence-corrected chi connectivity index (χ2v) is 6.04. The molecule has 1 aliphatic heterocycles. The van der Waals surface area contributed by atoms with E-state index in [4.69, 9.17) is 0 Å². The van der Waals surface area contributed by atoms with Gasteiger partial charge in [-0.05, 0) is 45.7 Å². The van der Waals surface area contributed by atoms with Crippen LogP contribution in [0.2, 0.25) is 0 Å². The van der Waals surface area contributed by atoms with Crippen LogP contribution in [0, 0.1) is 11.6 Å². The minimum Gasteiger partial charge on any atom is -0.322 e. The third kappa shape index (κ3) is 5.44. The summed E-state index contributed by atoms with van der Waals surface area (Å²) in [5.74, 6) is -1.89. The molecule has 5 nitrogen and oxygen atoms in total. The van der Waals surface area contributed by atoms with Crippen molar-refractivity contribution >= 4 is 11.7 Å². The van der Waals surface area contributed by atoms with Crippen molar-refractivity contribution in [3.8, 4) is 0 Å². The molecule has 1 aliphatic rings. The number of anilines is 1. The Labute approximate surface area is 135 Å². The fourth-order valence-corrected chi connectivity index (χ4v) is 2.56. The van der Waals surface area contributed by atoms with Crippen LogP contribution >= 0.6 is 0 Å². The predicted octanol–water partition coefficient (Wildman–Crippen LogP) is 2.07. The Bertz CT molecular complexity index is 531. The maximum atomic E-state index is 13.1. The van der Waals surface area contributed by atoms with Gasteiger partial charge in [-0.3, -0.25) is 4.90 Å². The van der Waals surface area contributed by atoms with Gasteiger partial charge in [0.25, 0.3) is 0 Å². The zero-order valence-corrected chi connectivity index (χ0v) is 13.7. The number of hydrogen-bond donors (Lipinski definition) is 1. The highest BCUT2D eigenvalue weighted by atomic mass is 19.2. The number of benzene rings is 1.